The van der Waals surface area contributed by atoms with Crippen LogP contribution in [0.4, 0.5) is 10.5 Å². The first-order valence-electron chi connectivity index (χ1n) is 8.84. The number of nitrogens with zero attached hydrogens (tertiary/aromatic N) is 1. The van der Waals surface area contributed by atoms with E-state index in [0.29, 0.717) is 13.0 Å². The van der Waals surface area contributed by atoms with Crippen LogP contribution in [0.3, 0.4) is 0 Å². The third-order valence-corrected chi connectivity index (χ3v) is 4.78. The molecule has 7 heteroatoms. The van der Waals surface area contributed by atoms with Gasteiger partial charge in [-0.2, -0.15) is 0 Å². The molecule has 1 heterocycles. The fraction of sp³-hybridized carbons (Fsp3) is 0.556. The number of hydrogen-bond donors (Lipinski definition) is 2. The SMILES string of the molecule is COc1ccc(NNC(=O)C2CCCN2C(=O)OC2CCCC2)cc1. The van der Waals surface area contributed by atoms with Crippen LogP contribution in [-0.2, 0) is 9.53 Å². The van der Waals surface area contributed by atoms with E-state index in [0.717, 1.165) is 43.5 Å². The third kappa shape index (κ3) is 4.35. The number of ether oxygens (including phenoxy) is 2. The molecule has 1 unspecified atom stereocenters. The first-order chi connectivity index (χ1) is 12.2. The van der Waals surface area contributed by atoms with E-state index in [-0.39, 0.29) is 18.1 Å². The van der Waals surface area contributed by atoms with Gasteiger partial charge in [0.25, 0.3) is 5.91 Å². The van der Waals surface area contributed by atoms with Gasteiger partial charge in [-0.25, -0.2) is 4.79 Å². The molecule has 1 aromatic rings. The van der Waals surface area contributed by atoms with Crippen LogP contribution >= 0.6 is 0 Å². The average Bonchev–Trinajstić information content (AvgIpc) is 3.31. The van der Waals surface area contributed by atoms with Crippen molar-refractivity contribution in [3.8, 4) is 5.75 Å². The summed E-state index contributed by atoms with van der Waals surface area (Å²) in [5.41, 5.74) is 6.29. The van der Waals surface area contributed by atoms with Gasteiger partial charge in [-0.05, 0) is 62.8 Å². The molecule has 2 amide bonds. The molecule has 3 rings (SSSR count). The maximum atomic E-state index is 12.4. The lowest BCUT2D eigenvalue weighted by atomic mass is 10.2. The van der Waals surface area contributed by atoms with Crippen molar-refractivity contribution in [1.82, 2.24) is 10.3 Å². The molecule has 25 heavy (non-hydrogen) atoms. The molecule has 0 spiro atoms. The summed E-state index contributed by atoms with van der Waals surface area (Å²) in [6, 6.07) is 6.73. The zero-order chi connectivity index (χ0) is 17.6. The molecule has 2 fully saturated rings. The molecule has 1 saturated carbocycles. The van der Waals surface area contributed by atoms with Crippen LogP contribution in [0, 0.1) is 0 Å². The van der Waals surface area contributed by atoms with Gasteiger partial charge in [0.2, 0.25) is 0 Å². The second kappa shape index (κ2) is 8.09. The standard InChI is InChI=1S/C18H25N3O4/c1-24-14-10-8-13(9-11-14)19-20-17(22)16-7-4-12-21(16)18(23)25-15-5-2-3-6-15/h8-11,15-16,19H,2-7,12H2,1H3,(H,20,22). The predicted octanol–water partition coefficient (Wildman–Crippen LogP) is 2.68. The van der Waals surface area contributed by atoms with E-state index in [1.54, 1.807) is 36.3 Å². The molecule has 1 atom stereocenters. The Morgan fingerprint density at radius 1 is 1.08 bits per heavy atom. The number of anilines is 1. The van der Waals surface area contributed by atoms with Crippen molar-refractivity contribution in [1.29, 1.82) is 0 Å². The van der Waals surface area contributed by atoms with Crippen LogP contribution < -0.4 is 15.6 Å². The lowest BCUT2D eigenvalue weighted by Crippen LogP contribution is -2.48. The van der Waals surface area contributed by atoms with Gasteiger partial charge in [0.1, 0.15) is 17.9 Å². The number of rotatable bonds is 5. The number of carbonyl (C=O) groups is 2. The summed E-state index contributed by atoms with van der Waals surface area (Å²) in [6.07, 6.45) is 5.16. The number of carbonyl (C=O) groups excluding carboxylic acids is 2. The lowest BCUT2D eigenvalue weighted by Gasteiger charge is -2.25. The number of nitrogens with one attached hydrogen (secondary N) is 2. The summed E-state index contributed by atoms with van der Waals surface area (Å²) in [7, 11) is 1.60. The molecule has 0 radical (unpaired) electrons. The van der Waals surface area contributed by atoms with Crippen LogP contribution in [0.5, 0.6) is 5.75 Å². The minimum atomic E-state index is -0.486. The Bertz CT molecular complexity index is 599. The van der Waals surface area contributed by atoms with Gasteiger partial charge in [0.15, 0.2) is 0 Å². The molecule has 136 valence electrons. The van der Waals surface area contributed by atoms with Crippen molar-refractivity contribution < 1.29 is 19.1 Å². The van der Waals surface area contributed by atoms with Gasteiger partial charge in [0, 0.05) is 6.54 Å². The molecule has 2 N–H and O–H groups in total. The first-order valence-corrected chi connectivity index (χ1v) is 8.84. The maximum Gasteiger partial charge on any atom is 0.410 e. The van der Waals surface area contributed by atoms with Gasteiger partial charge in [-0.1, -0.05) is 0 Å². The monoisotopic (exact) mass is 347 g/mol. The van der Waals surface area contributed by atoms with Crippen molar-refractivity contribution >= 4 is 17.7 Å². The van der Waals surface area contributed by atoms with E-state index in [9.17, 15) is 9.59 Å². The van der Waals surface area contributed by atoms with Crippen LogP contribution in [0.25, 0.3) is 0 Å². The Balaban J connectivity index is 1.51. The summed E-state index contributed by atoms with van der Waals surface area (Å²) < 4.78 is 10.6. The highest BCUT2D eigenvalue weighted by Crippen LogP contribution is 2.24. The topological polar surface area (TPSA) is 79.9 Å². The third-order valence-electron chi connectivity index (χ3n) is 4.78. The fourth-order valence-corrected chi connectivity index (χ4v) is 3.37. The quantitative estimate of drug-likeness (QED) is 0.801. The molecular formula is C18H25N3O4. The smallest absolute Gasteiger partial charge is 0.410 e. The van der Waals surface area contributed by atoms with Crippen LogP contribution in [0.2, 0.25) is 0 Å². The van der Waals surface area contributed by atoms with Crippen molar-refractivity contribution in [3.05, 3.63) is 24.3 Å². The summed E-state index contributed by atoms with van der Waals surface area (Å²) in [6.45, 7) is 0.562. The van der Waals surface area contributed by atoms with Gasteiger partial charge in [-0.15, -0.1) is 0 Å². The number of likely N-dealkylation sites (tertiary alicyclic amines) is 1. The van der Waals surface area contributed by atoms with Gasteiger partial charge in [0.05, 0.1) is 12.8 Å². The molecule has 0 bridgehead atoms. The molecule has 1 saturated heterocycles. The normalized spacial score (nSPS) is 20.4. The Labute approximate surface area is 147 Å². The van der Waals surface area contributed by atoms with Crippen LogP contribution in [0.1, 0.15) is 38.5 Å². The highest BCUT2D eigenvalue weighted by molar-refractivity contribution is 5.87. The average molecular weight is 347 g/mol. The summed E-state index contributed by atoms with van der Waals surface area (Å²) in [4.78, 5) is 26.3. The largest absolute Gasteiger partial charge is 0.497 e. The first kappa shape index (κ1) is 17.4. The van der Waals surface area contributed by atoms with Crippen molar-refractivity contribution in [2.75, 3.05) is 19.1 Å². The van der Waals surface area contributed by atoms with Crippen LogP contribution in [0.15, 0.2) is 24.3 Å². The predicted molar refractivity (Wildman–Crippen MR) is 93.2 cm³/mol. The number of methoxy groups -OCH3 is 1. The summed E-state index contributed by atoms with van der Waals surface area (Å²) >= 11 is 0. The van der Waals surface area contributed by atoms with E-state index in [1.807, 2.05) is 0 Å². The van der Waals surface area contributed by atoms with E-state index in [2.05, 4.69) is 10.9 Å². The number of hydrogen-bond acceptors (Lipinski definition) is 5. The van der Waals surface area contributed by atoms with Gasteiger partial charge < -0.3 is 9.47 Å². The summed E-state index contributed by atoms with van der Waals surface area (Å²) in [5.74, 6) is 0.519. The van der Waals surface area contributed by atoms with Crippen molar-refractivity contribution in [3.63, 3.8) is 0 Å². The van der Waals surface area contributed by atoms with Gasteiger partial charge >= 0.3 is 6.09 Å². The molecule has 2 aliphatic rings. The Morgan fingerprint density at radius 3 is 2.48 bits per heavy atom. The second-order valence-electron chi connectivity index (χ2n) is 6.48. The highest BCUT2D eigenvalue weighted by Gasteiger charge is 2.36. The molecule has 7 nitrogen and oxygen atoms in total. The minimum Gasteiger partial charge on any atom is -0.497 e. The Hall–Kier alpha value is -2.44. The van der Waals surface area contributed by atoms with E-state index >= 15 is 0 Å². The highest BCUT2D eigenvalue weighted by atomic mass is 16.6. The summed E-state index contributed by atoms with van der Waals surface area (Å²) in [5, 5.41) is 0. The molecule has 0 aromatic heterocycles. The Kier molecular flexibility index (Phi) is 5.63. The maximum absolute atomic E-state index is 12.4. The number of amides is 2. The molecule has 1 aliphatic heterocycles. The minimum absolute atomic E-state index is 0.00855. The number of hydrazine groups is 1. The molecule has 1 aromatic carbocycles. The van der Waals surface area contributed by atoms with Gasteiger partial charge in [-0.3, -0.25) is 20.5 Å². The van der Waals surface area contributed by atoms with Crippen LogP contribution in [-0.4, -0.2) is 42.7 Å². The zero-order valence-electron chi connectivity index (χ0n) is 14.5. The Morgan fingerprint density at radius 2 is 1.80 bits per heavy atom. The van der Waals surface area contributed by atoms with E-state index < -0.39 is 6.04 Å². The lowest BCUT2D eigenvalue weighted by molar-refractivity contribution is -0.124. The van der Waals surface area contributed by atoms with E-state index in [1.165, 1.54) is 0 Å². The van der Waals surface area contributed by atoms with Crippen molar-refractivity contribution in [2.45, 2.75) is 50.7 Å². The zero-order valence-corrected chi connectivity index (χ0v) is 14.5. The van der Waals surface area contributed by atoms with Crippen molar-refractivity contribution in [2.24, 2.45) is 0 Å². The van der Waals surface area contributed by atoms with E-state index in [4.69, 9.17) is 9.47 Å². The second-order valence-corrected chi connectivity index (χ2v) is 6.48. The molecular weight excluding hydrogens is 322 g/mol. The fourth-order valence-electron chi connectivity index (χ4n) is 3.37. The number of benzene rings is 1. The molecule has 1 aliphatic carbocycles.